The summed E-state index contributed by atoms with van der Waals surface area (Å²) in [4.78, 5) is 25.8. The van der Waals surface area contributed by atoms with Crippen molar-refractivity contribution in [2.45, 2.75) is 43.3 Å². The largest absolute Gasteiger partial charge is 0.483 e. The molecule has 226 valence electrons. The maximum absolute atomic E-state index is 13.9. The number of hydrogen-bond donors (Lipinski definition) is 1. The van der Waals surface area contributed by atoms with E-state index in [9.17, 15) is 35.6 Å². The van der Waals surface area contributed by atoms with Gasteiger partial charge in [0, 0.05) is 35.3 Å². The maximum Gasteiger partial charge on any atom is 0.416 e. The summed E-state index contributed by atoms with van der Waals surface area (Å²) in [6.45, 7) is 1.04. The minimum absolute atomic E-state index is 0.0134. The number of alkyl halides is 3. The number of nitrogens with zero attached hydrogens (tertiary/aromatic N) is 2. The Labute approximate surface area is 249 Å². The minimum atomic E-state index is -4.89. The van der Waals surface area contributed by atoms with Crippen LogP contribution in [0.5, 0.6) is 5.75 Å². The van der Waals surface area contributed by atoms with E-state index in [-0.39, 0.29) is 52.0 Å². The second kappa shape index (κ2) is 12.7. The summed E-state index contributed by atoms with van der Waals surface area (Å²) in [5.74, 6) is -3.15. The van der Waals surface area contributed by atoms with Crippen LogP contribution in [-0.4, -0.2) is 43.6 Å². The predicted molar refractivity (Wildman–Crippen MR) is 149 cm³/mol. The second-order valence-corrected chi connectivity index (χ2v) is 12.1. The number of rotatable bonds is 11. The van der Waals surface area contributed by atoms with E-state index in [1.165, 1.54) is 34.6 Å². The van der Waals surface area contributed by atoms with Gasteiger partial charge >= 0.3 is 6.18 Å². The van der Waals surface area contributed by atoms with Crippen LogP contribution in [0.2, 0.25) is 5.02 Å². The molecule has 43 heavy (non-hydrogen) atoms. The van der Waals surface area contributed by atoms with E-state index in [0.29, 0.717) is 17.7 Å². The maximum atomic E-state index is 13.9. The lowest BCUT2D eigenvalue weighted by atomic mass is 10.00. The van der Waals surface area contributed by atoms with Crippen LogP contribution in [0.4, 0.5) is 23.2 Å². The van der Waals surface area contributed by atoms with Crippen molar-refractivity contribution in [1.29, 1.82) is 5.26 Å². The lowest BCUT2D eigenvalue weighted by Crippen LogP contribution is -2.34. The smallest absolute Gasteiger partial charge is 0.416 e. The quantitative estimate of drug-likeness (QED) is 0.200. The van der Waals surface area contributed by atoms with E-state index in [4.69, 9.17) is 21.6 Å². The van der Waals surface area contributed by atoms with Gasteiger partial charge in [0.05, 0.1) is 22.1 Å². The highest BCUT2D eigenvalue weighted by atomic mass is 35.5. The van der Waals surface area contributed by atoms with Crippen LogP contribution in [0.25, 0.3) is 0 Å². The zero-order valence-corrected chi connectivity index (χ0v) is 24.1. The molecule has 14 heteroatoms. The number of nitrogens with one attached hydrogen (secondary N) is 1. The summed E-state index contributed by atoms with van der Waals surface area (Å²) >= 11 is 5.98. The molecule has 0 heterocycles. The van der Waals surface area contributed by atoms with Gasteiger partial charge in [-0.15, -0.1) is 0 Å². The number of ether oxygens (including phenoxy) is 1. The zero-order valence-electron chi connectivity index (χ0n) is 22.5. The van der Waals surface area contributed by atoms with Crippen molar-refractivity contribution >= 4 is 39.0 Å². The average Bonchev–Trinajstić information content (AvgIpc) is 3.77. The van der Waals surface area contributed by atoms with Crippen LogP contribution < -0.4 is 10.1 Å². The van der Waals surface area contributed by atoms with Crippen LogP contribution in [0, 0.1) is 24.1 Å². The van der Waals surface area contributed by atoms with Crippen LogP contribution in [0.1, 0.15) is 46.3 Å². The van der Waals surface area contributed by atoms with E-state index in [1.54, 1.807) is 6.92 Å². The Hall–Kier alpha value is -3.99. The highest BCUT2D eigenvalue weighted by molar-refractivity contribution is 7.89. The molecule has 1 N–H and O–H groups in total. The standard InChI is InChI=1S/C29H24ClF4N3O5S/c1-17-11-23(43(40,41)37(10-2-9-35)22-4-5-22)6-7-25(17)36-27(38)16-42-26-8-3-20(30)15-24(26)28(39)18-12-19(29(32,33)34)14-21(31)13-18/h3,6-8,11-15,22H,2,4-5,10,16H2,1H3,(H,36,38). The topological polar surface area (TPSA) is 117 Å². The van der Waals surface area contributed by atoms with Crippen molar-refractivity contribution in [1.82, 2.24) is 4.31 Å². The molecular formula is C29H24ClF4N3O5S. The second-order valence-electron chi connectivity index (χ2n) is 9.76. The van der Waals surface area contributed by atoms with E-state index < -0.39 is 51.4 Å². The normalized spacial score (nSPS) is 13.4. The number of nitriles is 1. The molecule has 0 unspecified atom stereocenters. The van der Waals surface area contributed by atoms with Gasteiger partial charge in [0.1, 0.15) is 11.6 Å². The predicted octanol–water partition coefficient (Wildman–Crippen LogP) is 6.12. The van der Waals surface area contributed by atoms with Crippen molar-refractivity contribution in [3.05, 3.63) is 87.7 Å². The molecule has 0 aliphatic heterocycles. The number of ketones is 1. The molecule has 0 radical (unpaired) electrons. The van der Waals surface area contributed by atoms with Gasteiger partial charge < -0.3 is 10.1 Å². The molecule has 4 rings (SSSR count). The third-order valence-electron chi connectivity index (χ3n) is 6.51. The Morgan fingerprint density at radius 3 is 2.47 bits per heavy atom. The van der Waals surface area contributed by atoms with Gasteiger partial charge in [0.25, 0.3) is 5.91 Å². The van der Waals surface area contributed by atoms with Gasteiger partial charge in [0.15, 0.2) is 12.4 Å². The molecule has 0 spiro atoms. The van der Waals surface area contributed by atoms with Crippen LogP contribution in [0.3, 0.4) is 0 Å². The summed E-state index contributed by atoms with van der Waals surface area (Å²) in [6, 6.07) is 11.1. The van der Waals surface area contributed by atoms with E-state index >= 15 is 0 Å². The number of carbonyl (C=O) groups excluding carboxylic acids is 2. The molecule has 3 aromatic carbocycles. The Kier molecular flexibility index (Phi) is 9.44. The molecule has 1 aliphatic carbocycles. The lowest BCUT2D eigenvalue weighted by molar-refractivity contribution is -0.137. The summed E-state index contributed by atoms with van der Waals surface area (Å²) in [5.41, 5.74) is -1.52. The highest BCUT2D eigenvalue weighted by Gasteiger charge is 2.38. The van der Waals surface area contributed by atoms with Crippen LogP contribution >= 0.6 is 11.6 Å². The average molecular weight is 638 g/mol. The molecule has 0 aromatic heterocycles. The van der Waals surface area contributed by atoms with Crippen LogP contribution in [0.15, 0.2) is 59.5 Å². The summed E-state index contributed by atoms with van der Waals surface area (Å²) < 4.78 is 86.5. The third kappa shape index (κ3) is 7.70. The van der Waals surface area contributed by atoms with Crippen molar-refractivity contribution in [2.75, 3.05) is 18.5 Å². The molecule has 0 saturated heterocycles. The Bertz CT molecular complexity index is 1720. The number of halogens is 5. The number of sulfonamides is 1. The molecule has 1 aliphatic rings. The molecular weight excluding hydrogens is 614 g/mol. The Morgan fingerprint density at radius 2 is 1.84 bits per heavy atom. The first-order chi connectivity index (χ1) is 20.2. The first kappa shape index (κ1) is 31.9. The molecule has 3 aromatic rings. The molecule has 8 nitrogen and oxygen atoms in total. The fourth-order valence-electron chi connectivity index (χ4n) is 4.27. The zero-order chi connectivity index (χ0) is 31.5. The highest BCUT2D eigenvalue weighted by Crippen LogP contribution is 2.34. The van der Waals surface area contributed by atoms with E-state index in [0.717, 1.165) is 18.9 Å². The van der Waals surface area contributed by atoms with E-state index in [1.807, 2.05) is 6.07 Å². The van der Waals surface area contributed by atoms with Crippen molar-refractivity contribution in [3.8, 4) is 11.8 Å². The number of amides is 1. The summed E-state index contributed by atoms with van der Waals surface area (Å²) in [5, 5.41) is 11.5. The lowest BCUT2D eigenvalue weighted by Gasteiger charge is -2.21. The number of carbonyl (C=O) groups is 2. The SMILES string of the molecule is Cc1cc(S(=O)(=O)N(CCC#N)C2CC2)ccc1NC(=O)COc1ccc(Cl)cc1C(=O)c1cc(F)cc(C(F)(F)F)c1. The fourth-order valence-corrected chi connectivity index (χ4v) is 6.21. The Balaban J connectivity index is 1.48. The van der Waals surface area contributed by atoms with Gasteiger partial charge in [-0.1, -0.05) is 11.6 Å². The number of aryl methyl sites for hydroxylation is 1. The Morgan fingerprint density at radius 1 is 1.12 bits per heavy atom. The van der Waals surface area contributed by atoms with Crippen molar-refractivity contribution in [2.24, 2.45) is 0 Å². The van der Waals surface area contributed by atoms with E-state index in [2.05, 4.69) is 5.32 Å². The first-order valence-corrected chi connectivity index (χ1v) is 14.7. The van der Waals surface area contributed by atoms with Crippen LogP contribution in [-0.2, 0) is 21.0 Å². The van der Waals surface area contributed by atoms with Gasteiger partial charge in [-0.3, -0.25) is 9.59 Å². The molecule has 1 fully saturated rings. The number of anilines is 1. The molecule has 1 saturated carbocycles. The van der Waals surface area contributed by atoms with Crippen molar-refractivity contribution in [3.63, 3.8) is 0 Å². The summed E-state index contributed by atoms with van der Waals surface area (Å²) in [6.07, 6.45) is -3.40. The molecule has 0 atom stereocenters. The fraction of sp³-hybridized carbons (Fsp3) is 0.276. The van der Waals surface area contributed by atoms with Gasteiger partial charge in [-0.05, 0) is 79.9 Å². The van der Waals surface area contributed by atoms with Gasteiger partial charge in [-0.2, -0.15) is 22.7 Å². The molecule has 0 bridgehead atoms. The third-order valence-corrected chi connectivity index (χ3v) is 8.69. The summed E-state index contributed by atoms with van der Waals surface area (Å²) in [7, 11) is -3.86. The number of benzene rings is 3. The minimum Gasteiger partial charge on any atom is -0.483 e. The first-order valence-electron chi connectivity index (χ1n) is 12.8. The number of hydrogen-bond acceptors (Lipinski definition) is 6. The monoisotopic (exact) mass is 637 g/mol. The van der Waals surface area contributed by atoms with Gasteiger partial charge in [0.2, 0.25) is 10.0 Å². The van der Waals surface area contributed by atoms with Crippen molar-refractivity contribution < 1.29 is 40.3 Å². The van der Waals surface area contributed by atoms with Gasteiger partial charge in [-0.25, -0.2) is 12.8 Å². The molecule has 1 amide bonds.